The second-order valence-corrected chi connectivity index (χ2v) is 9.46. The zero-order chi connectivity index (χ0) is 24.6. The number of aromatic amines is 1. The van der Waals surface area contributed by atoms with Crippen molar-refractivity contribution in [2.45, 2.75) is 44.2 Å². The first-order valence-electron chi connectivity index (χ1n) is 11.7. The first-order valence-corrected chi connectivity index (χ1v) is 12.2. The Labute approximate surface area is 207 Å². The molecule has 9 heteroatoms. The van der Waals surface area contributed by atoms with Gasteiger partial charge in [-0.2, -0.15) is 0 Å². The highest BCUT2D eigenvalue weighted by molar-refractivity contribution is 6.18. The molecule has 2 saturated carbocycles. The molecule has 0 bridgehead atoms. The SMILES string of the molecule is Cc1c(F)cc(C(=O)NC2CC2)cc1-c1c[nH]c(=O)c(NC2(c3ccccc3OCCCl)CC2)n1. The largest absolute Gasteiger partial charge is 0.492 e. The van der Waals surface area contributed by atoms with E-state index < -0.39 is 11.4 Å². The average Bonchev–Trinajstić information content (AvgIpc) is 3.79. The van der Waals surface area contributed by atoms with Crippen molar-refractivity contribution in [3.63, 3.8) is 0 Å². The van der Waals surface area contributed by atoms with Gasteiger partial charge in [-0.05, 0) is 56.4 Å². The van der Waals surface area contributed by atoms with E-state index in [1.807, 2.05) is 24.3 Å². The van der Waals surface area contributed by atoms with Gasteiger partial charge in [-0.25, -0.2) is 9.37 Å². The van der Waals surface area contributed by atoms with Gasteiger partial charge < -0.3 is 20.4 Å². The molecular formula is C26H26ClFN4O3. The Morgan fingerprint density at radius 2 is 2.06 bits per heavy atom. The number of H-pyrrole nitrogens is 1. The fourth-order valence-electron chi connectivity index (χ4n) is 4.15. The summed E-state index contributed by atoms with van der Waals surface area (Å²) >= 11 is 5.79. The molecule has 1 heterocycles. The molecule has 2 aliphatic carbocycles. The number of amides is 1. The van der Waals surface area contributed by atoms with Gasteiger partial charge in [-0.15, -0.1) is 11.6 Å². The third-order valence-corrected chi connectivity index (χ3v) is 6.58. The van der Waals surface area contributed by atoms with Crippen molar-refractivity contribution in [1.29, 1.82) is 0 Å². The standard InChI is InChI=1S/C26H26ClFN4O3/c1-15-18(12-16(13-20(15)28)24(33)30-17-6-7-17)21-14-29-25(34)23(31-21)32-26(8-9-26)19-4-2-3-5-22(19)35-11-10-27/h2-5,12-14,17H,6-11H2,1H3,(H,29,34)(H,30,33)(H,31,32). The number of carbonyl (C=O) groups is 1. The van der Waals surface area contributed by atoms with Crippen LogP contribution in [0.5, 0.6) is 5.75 Å². The van der Waals surface area contributed by atoms with Crippen molar-refractivity contribution in [3.05, 3.63) is 75.5 Å². The molecule has 5 rings (SSSR count). The van der Waals surface area contributed by atoms with Crippen LogP contribution in [0.2, 0.25) is 0 Å². The molecule has 2 aromatic carbocycles. The summed E-state index contributed by atoms with van der Waals surface area (Å²) in [7, 11) is 0. The van der Waals surface area contributed by atoms with E-state index >= 15 is 0 Å². The van der Waals surface area contributed by atoms with Crippen LogP contribution in [0.25, 0.3) is 11.3 Å². The van der Waals surface area contributed by atoms with Gasteiger partial charge in [0.2, 0.25) is 0 Å². The highest BCUT2D eigenvalue weighted by atomic mass is 35.5. The Kier molecular flexibility index (Phi) is 6.23. The van der Waals surface area contributed by atoms with Crippen LogP contribution in [0.1, 0.15) is 47.2 Å². The molecule has 2 fully saturated rings. The number of anilines is 1. The average molecular weight is 497 g/mol. The summed E-state index contributed by atoms with van der Waals surface area (Å²) < 4.78 is 20.6. The van der Waals surface area contributed by atoms with Crippen LogP contribution < -0.4 is 20.9 Å². The maximum atomic E-state index is 14.7. The summed E-state index contributed by atoms with van der Waals surface area (Å²) in [6.07, 6.45) is 4.90. The van der Waals surface area contributed by atoms with E-state index in [0.717, 1.165) is 31.2 Å². The molecule has 35 heavy (non-hydrogen) atoms. The van der Waals surface area contributed by atoms with Gasteiger partial charge in [-0.1, -0.05) is 18.2 Å². The molecule has 7 nitrogen and oxygen atoms in total. The fraction of sp³-hybridized carbons (Fsp3) is 0.346. The Hall–Kier alpha value is -3.39. The van der Waals surface area contributed by atoms with Crippen molar-refractivity contribution < 1.29 is 13.9 Å². The molecule has 0 atom stereocenters. The Morgan fingerprint density at radius 3 is 2.77 bits per heavy atom. The van der Waals surface area contributed by atoms with E-state index in [9.17, 15) is 14.0 Å². The molecule has 3 aromatic rings. The summed E-state index contributed by atoms with van der Waals surface area (Å²) in [5.74, 6) is 0.375. The summed E-state index contributed by atoms with van der Waals surface area (Å²) in [5, 5.41) is 6.18. The third kappa shape index (κ3) is 4.89. The van der Waals surface area contributed by atoms with Crippen LogP contribution in [-0.2, 0) is 5.54 Å². The van der Waals surface area contributed by atoms with Crippen LogP contribution in [0, 0.1) is 12.7 Å². The smallest absolute Gasteiger partial charge is 0.290 e. The summed E-state index contributed by atoms with van der Waals surface area (Å²) in [6.45, 7) is 2.00. The topological polar surface area (TPSA) is 96.1 Å². The second-order valence-electron chi connectivity index (χ2n) is 9.08. The molecule has 2 aliphatic rings. The minimum atomic E-state index is -0.505. The molecule has 182 valence electrons. The minimum absolute atomic E-state index is 0.125. The first-order chi connectivity index (χ1) is 16.9. The predicted octanol–water partition coefficient (Wildman–Crippen LogP) is 4.50. The van der Waals surface area contributed by atoms with Crippen LogP contribution in [0.4, 0.5) is 10.2 Å². The van der Waals surface area contributed by atoms with Crippen LogP contribution in [0.15, 0.2) is 47.4 Å². The monoisotopic (exact) mass is 496 g/mol. The maximum Gasteiger partial charge on any atom is 0.290 e. The number of carbonyl (C=O) groups excluding carboxylic acids is 1. The van der Waals surface area contributed by atoms with Gasteiger partial charge in [-0.3, -0.25) is 9.59 Å². The predicted molar refractivity (Wildman–Crippen MR) is 133 cm³/mol. The van der Waals surface area contributed by atoms with Crippen molar-refractivity contribution >= 4 is 23.3 Å². The number of rotatable bonds is 9. The third-order valence-electron chi connectivity index (χ3n) is 6.43. The summed E-state index contributed by atoms with van der Waals surface area (Å²) in [6, 6.07) is 10.6. The van der Waals surface area contributed by atoms with Gasteiger partial charge in [0.25, 0.3) is 11.5 Å². The molecule has 0 radical (unpaired) electrons. The number of hydrogen-bond donors (Lipinski definition) is 3. The van der Waals surface area contributed by atoms with E-state index in [0.29, 0.717) is 35.1 Å². The van der Waals surface area contributed by atoms with E-state index in [2.05, 4.69) is 20.6 Å². The number of halogens is 2. The molecule has 0 aliphatic heterocycles. The van der Waals surface area contributed by atoms with Crippen molar-refractivity contribution in [2.75, 3.05) is 17.8 Å². The Bertz CT molecular complexity index is 1330. The molecule has 3 N–H and O–H groups in total. The van der Waals surface area contributed by atoms with Gasteiger partial charge in [0, 0.05) is 28.9 Å². The van der Waals surface area contributed by atoms with E-state index in [4.69, 9.17) is 16.3 Å². The van der Waals surface area contributed by atoms with Crippen molar-refractivity contribution in [1.82, 2.24) is 15.3 Å². The minimum Gasteiger partial charge on any atom is -0.492 e. The quantitative estimate of drug-likeness (QED) is 0.379. The number of alkyl halides is 1. The lowest BCUT2D eigenvalue weighted by atomic mass is 10.0. The first kappa shape index (κ1) is 23.4. The molecule has 1 aromatic heterocycles. The zero-order valence-corrected chi connectivity index (χ0v) is 20.0. The number of para-hydroxylation sites is 1. The van der Waals surface area contributed by atoms with Gasteiger partial charge in [0.05, 0.1) is 17.1 Å². The maximum absolute atomic E-state index is 14.7. The molecule has 1 amide bonds. The highest BCUT2D eigenvalue weighted by Gasteiger charge is 2.47. The molecule has 0 saturated heterocycles. The fourth-order valence-corrected chi connectivity index (χ4v) is 4.23. The lowest BCUT2D eigenvalue weighted by Crippen LogP contribution is -2.26. The van der Waals surface area contributed by atoms with Gasteiger partial charge >= 0.3 is 0 Å². The normalized spacial score (nSPS) is 16.0. The van der Waals surface area contributed by atoms with Crippen molar-refractivity contribution in [2.24, 2.45) is 0 Å². The molecule has 0 unspecified atom stereocenters. The van der Waals surface area contributed by atoms with E-state index in [-0.39, 0.29) is 28.9 Å². The lowest BCUT2D eigenvalue weighted by molar-refractivity contribution is 0.0950. The van der Waals surface area contributed by atoms with Crippen LogP contribution in [0.3, 0.4) is 0 Å². The lowest BCUT2D eigenvalue weighted by Gasteiger charge is -2.21. The summed E-state index contributed by atoms with van der Waals surface area (Å²) in [5.41, 5.74) is 1.43. The van der Waals surface area contributed by atoms with Gasteiger partial charge in [0.15, 0.2) is 5.82 Å². The van der Waals surface area contributed by atoms with Crippen LogP contribution >= 0.6 is 11.6 Å². The van der Waals surface area contributed by atoms with E-state index in [1.165, 1.54) is 12.3 Å². The Morgan fingerprint density at radius 1 is 1.29 bits per heavy atom. The van der Waals surface area contributed by atoms with Crippen molar-refractivity contribution in [3.8, 4) is 17.0 Å². The number of nitrogens with one attached hydrogen (secondary N) is 3. The second kappa shape index (κ2) is 9.34. The number of aromatic nitrogens is 2. The highest BCUT2D eigenvalue weighted by Crippen LogP contribution is 2.50. The molecule has 0 spiro atoms. The summed E-state index contributed by atoms with van der Waals surface area (Å²) in [4.78, 5) is 32.5. The zero-order valence-electron chi connectivity index (χ0n) is 19.3. The Balaban J connectivity index is 1.47. The number of hydrogen-bond acceptors (Lipinski definition) is 5. The van der Waals surface area contributed by atoms with Crippen LogP contribution in [-0.4, -0.2) is 34.4 Å². The number of benzene rings is 2. The van der Waals surface area contributed by atoms with Gasteiger partial charge in [0.1, 0.15) is 18.2 Å². The number of ether oxygens (including phenoxy) is 1. The molecular weight excluding hydrogens is 471 g/mol. The number of nitrogens with zero attached hydrogens (tertiary/aromatic N) is 1. The van der Waals surface area contributed by atoms with E-state index in [1.54, 1.807) is 13.0 Å².